The van der Waals surface area contributed by atoms with Gasteiger partial charge in [-0.3, -0.25) is 14.4 Å². The van der Waals surface area contributed by atoms with E-state index in [1.807, 2.05) is 6.92 Å². The zero-order chi connectivity index (χ0) is 20.8. The average molecular weight is 416 g/mol. The molecule has 0 saturated carbocycles. The molecule has 1 heterocycles. The second-order valence-corrected chi connectivity index (χ2v) is 7.67. The van der Waals surface area contributed by atoms with Gasteiger partial charge in [-0.15, -0.1) is 11.8 Å². The summed E-state index contributed by atoms with van der Waals surface area (Å²) >= 11 is 1.29. The van der Waals surface area contributed by atoms with Crippen LogP contribution in [-0.2, 0) is 14.4 Å². The Morgan fingerprint density at radius 2 is 1.86 bits per heavy atom. The normalized spacial score (nSPS) is 16.2. The Hall–Kier alpha value is -2.87. The molecule has 2 aromatic carbocycles. The smallest absolute Gasteiger partial charge is 0.247 e. The van der Waals surface area contributed by atoms with Crippen LogP contribution in [0.1, 0.15) is 19.8 Å². The number of imide groups is 1. The molecular formula is C21H21FN2O4S. The molecule has 0 radical (unpaired) electrons. The molecule has 3 amide bonds. The van der Waals surface area contributed by atoms with Crippen molar-refractivity contribution in [3.63, 3.8) is 0 Å². The van der Waals surface area contributed by atoms with Gasteiger partial charge in [-0.25, -0.2) is 9.29 Å². The Labute approximate surface area is 172 Å². The van der Waals surface area contributed by atoms with Crippen LogP contribution in [0.5, 0.6) is 5.75 Å². The molecule has 1 saturated heterocycles. The van der Waals surface area contributed by atoms with E-state index in [1.165, 1.54) is 40.9 Å². The van der Waals surface area contributed by atoms with Crippen molar-refractivity contribution in [2.75, 3.05) is 22.6 Å². The fraction of sp³-hybridized carbons (Fsp3) is 0.286. The maximum absolute atomic E-state index is 12.9. The van der Waals surface area contributed by atoms with Gasteiger partial charge >= 0.3 is 0 Å². The predicted octanol–water partition coefficient (Wildman–Crippen LogP) is 3.62. The number of carbonyl (C=O) groups is 3. The summed E-state index contributed by atoms with van der Waals surface area (Å²) in [5.74, 6) is -0.0679. The number of anilines is 2. The number of benzene rings is 2. The first-order valence-corrected chi connectivity index (χ1v) is 10.3. The number of carbonyl (C=O) groups excluding carboxylic acids is 3. The lowest BCUT2D eigenvalue weighted by Gasteiger charge is -2.15. The van der Waals surface area contributed by atoms with Gasteiger partial charge in [0.1, 0.15) is 11.6 Å². The molecule has 1 aliphatic rings. The number of hydrogen-bond donors (Lipinski definition) is 1. The van der Waals surface area contributed by atoms with Crippen LogP contribution in [0.15, 0.2) is 48.5 Å². The highest BCUT2D eigenvalue weighted by Gasteiger charge is 2.39. The Morgan fingerprint density at radius 3 is 2.52 bits per heavy atom. The van der Waals surface area contributed by atoms with Gasteiger partial charge in [-0.05, 0) is 55.5 Å². The van der Waals surface area contributed by atoms with E-state index in [9.17, 15) is 18.8 Å². The van der Waals surface area contributed by atoms with Gasteiger partial charge in [0.2, 0.25) is 17.7 Å². The summed E-state index contributed by atoms with van der Waals surface area (Å²) < 4.78 is 18.3. The second-order valence-electron chi connectivity index (χ2n) is 6.36. The van der Waals surface area contributed by atoms with Crippen LogP contribution in [0.25, 0.3) is 0 Å². The minimum Gasteiger partial charge on any atom is -0.494 e. The van der Waals surface area contributed by atoms with E-state index in [2.05, 4.69) is 5.32 Å². The van der Waals surface area contributed by atoms with E-state index in [4.69, 9.17) is 4.74 Å². The molecule has 0 aromatic heterocycles. The van der Waals surface area contributed by atoms with Crippen molar-refractivity contribution in [2.24, 2.45) is 0 Å². The molecule has 29 heavy (non-hydrogen) atoms. The Bertz CT molecular complexity index is 887. The topological polar surface area (TPSA) is 75.7 Å². The number of thioether (sulfide) groups is 1. The third-order valence-electron chi connectivity index (χ3n) is 4.29. The van der Waals surface area contributed by atoms with Gasteiger partial charge in [0, 0.05) is 24.3 Å². The lowest BCUT2D eigenvalue weighted by molar-refractivity contribution is -0.121. The highest BCUT2D eigenvalue weighted by Crippen LogP contribution is 2.31. The van der Waals surface area contributed by atoms with Crippen LogP contribution in [0, 0.1) is 5.82 Å². The largest absolute Gasteiger partial charge is 0.494 e. The molecule has 6 nitrogen and oxygen atoms in total. The van der Waals surface area contributed by atoms with Gasteiger partial charge in [-0.2, -0.15) is 0 Å². The van der Waals surface area contributed by atoms with Crippen molar-refractivity contribution in [3.05, 3.63) is 54.3 Å². The molecule has 0 bridgehead atoms. The minimum absolute atomic E-state index is 0.107. The fourth-order valence-corrected chi connectivity index (χ4v) is 4.01. The number of amides is 3. The van der Waals surface area contributed by atoms with E-state index >= 15 is 0 Å². The first-order valence-electron chi connectivity index (χ1n) is 9.24. The summed E-state index contributed by atoms with van der Waals surface area (Å²) in [6.07, 6.45) is 0.291. The lowest BCUT2D eigenvalue weighted by atomic mass is 10.3. The first-order chi connectivity index (χ1) is 14.0. The first kappa shape index (κ1) is 20.9. The van der Waals surface area contributed by atoms with Gasteiger partial charge < -0.3 is 10.1 Å². The summed E-state index contributed by atoms with van der Waals surface area (Å²) in [5.41, 5.74) is 1.02. The molecule has 152 valence electrons. The van der Waals surface area contributed by atoms with Crippen LogP contribution in [0.2, 0.25) is 0 Å². The van der Waals surface area contributed by atoms with E-state index in [0.29, 0.717) is 29.5 Å². The fourth-order valence-electron chi connectivity index (χ4n) is 2.91. The number of halogens is 1. The second kappa shape index (κ2) is 9.56. The molecule has 3 rings (SSSR count). The molecule has 1 N–H and O–H groups in total. The maximum atomic E-state index is 12.9. The van der Waals surface area contributed by atoms with Crippen LogP contribution >= 0.6 is 11.8 Å². The molecule has 1 fully saturated rings. The Balaban J connectivity index is 1.50. The molecule has 0 spiro atoms. The molecule has 2 aromatic rings. The molecular weight excluding hydrogens is 395 g/mol. The Kier molecular flexibility index (Phi) is 6.87. The van der Waals surface area contributed by atoms with Gasteiger partial charge in [0.15, 0.2) is 0 Å². The number of nitrogens with zero attached hydrogens (tertiary/aromatic N) is 1. The van der Waals surface area contributed by atoms with E-state index in [-0.39, 0.29) is 36.4 Å². The van der Waals surface area contributed by atoms with Crippen molar-refractivity contribution in [1.82, 2.24) is 0 Å². The van der Waals surface area contributed by atoms with Gasteiger partial charge in [0.05, 0.1) is 17.5 Å². The third kappa shape index (κ3) is 5.35. The zero-order valence-corrected chi connectivity index (χ0v) is 16.7. The maximum Gasteiger partial charge on any atom is 0.247 e. The van der Waals surface area contributed by atoms with Crippen LogP contribution in [0.4, 0.5) is 15.8 Å². The van der Waals surface area contributed by atoms with Crippen LogP contribution in [0.3, 0.4) is 0 Å². The number of rotatable bonds is 8. The van der Waals surface area contributed by atoms with E-state index in [1.54, 1.807) is 24.3 Å². The van der Waals surface area contributed by atoms with Crippen molar-refractivity contribution < 1.29 is 23.5 Å². The van der Waals surface area contributed by atoms with Crippen molar-refractivity contribution >= 4 is 40.9 Å². The Morgan fingerprint density at radius 1 is 1.17 bits per heavy atom. The van der Waals surface area contributed by atoms with E-state index < -0.39 is 5.25 Å². The minimum atomic E-state index is -0.507. The highest BCUT2D eigenvalue weighted by molar-refractivity contribution is 8.00. The van der Waals surface area contributed by atoms with Gasteiger partial charge in [-0.1, -0.05) is 0 Å². The number of nitrogens with one attached hydrogen (secondary N) is 1. The summed E-state index contributed by atoms with van der Waals surface area (Å²) in [5, 5.41) is 2.16. The highest BCUT2D eigenvalue weighted by atomic mass is 32.2. The molecule has 0 unspecified atom stereocenters. The summed E-state index contributed by atoms with van der Waals surface area (Å²) in [6, 6.07) is 12.3. The molecule has 1 aliphatic heterocycles. The quantitative estimate of drug-likeness (QED) is 0.666. The molecule has 8 heteroatoms. The SMILES string of the molecule is CCOc1ccc(N2C(=O)C[C@@H](SCCC(=O)Nc3ccc(F)cc3)C2=O)cc1. The third-order valence-corrected chi connectivity index (χ3v) is 5.50. The monoisotopic (exact) mass is 416 g/mol. The molecule has 0 aliphatic carbocycles. The summed E-state index contributed by atoms with van der Waals surface area (Å²) in [6.45, 7) is 2.41. The van der Waals surface area contributed by atoms with Crippen LogP contribution in [-0.4, -0.2) is 35.3 Å². The lowest BCUT2D eigenvalue weighted by Crippen LogP contribution is -2.31. The predicted molar refractivity (Wildman–Crippen MR) is 111 cm³/mol. The average Bonchev–Trinajstić information content (AvgIpc) is 2.98. The van der Waals surface area contributed by atoms with Gasteiger partial charge in [0.25, 0.3) is 0 Å². The number of hydrogen-bond acceptors (Lipinski definition) is 5. The number of ether oxygens (including phenoxy) is 1. The van der Waals surface area contributed by atoms with Crippen molar-refractivity contribution in [2.45, 2.75) is 25.0 Å². The summed E-state index contributed by atoms with van der Waals surface area (Å²) in [7, 11) is 0. The van der Waals surface area contributed by atoms with Crippen molar-refractivity contribution in [1.29, 1.82) is 0 Å². The van der Waals surface area contributed by atoms with Crippen molar-refractivity contribution in [3.8, 4) is 5.75 Å². The van der Waals surface area contributed by atoms with E-state index in [0.717, 1.165) is 0 Å². The van der Waals surface area contributed by atoms with Crippen LogP contribution < -0.4 is 15.0 Å². The standard InChI is InChI=1S/C21H21FN2O4S/c1-2-28-17-9-7-16(8-10-17)24-20(26)13-18(21(24)27)29-12-11-19(25)23-15-5-3-14(22)4-6-15/h3-10,18H,2,11-13H2,1H3,(H,23,25)/t18-/m1/s1. The molecule has 1 atom stereocenters. The summed E-state index contributed by atoms with van der Waals surface area (Å²) in [4.78, 5) is 38.1. The zero-order valence-electron chi connectivity index (χ0n) is 15.9.